The summed E-state index contributed by atoms with van der Waals surface area (Å²) in [6, 6.07) is 20.4. The summed E-state index contributed by atoms with van der Waals surface area (Å²) < 4.78 is 27.9. The summed E-state index contributed by atoms with van der Waals surface area (Å²) in [7, 11) is 0.0600. The molecule has 0 spiro atoms. The van der Waals surface area contributed by atoms with Crippen LogP contribution < -0.4 is 14.9 Å². The third kappa shape index (κ3) is 5.14. The quantitative estimate of drug-likeness (QED) is 0.642. The summed E-state index contributed by atoms with van der Waals surface area (Å²) in [5.74, 6) is -0.379. The van der Waals surface area contributed by atoms with Crippen LogP contribution in [-0.4, -0.2) is 28.4 Å². The summed E-state index contributed by atoms with van der Waals surface area (Å²) in [6.07, 6.45) is 0. The molecule has 0 unspecified atom stereocenters. The van der Waals surface area contributed by atoms with Crippen LogP contribution in [0.1, 0.15) is 15.9 Å². The van der Waals surface area contributed by atoms with Crippen molar-refractivity contribution in [2.24, 2.45) is 0 Å². The van der Waals surface area contributed by atoms with E-state index in [1.54, 1.807) is 42.5 Å². The number of nitrogens with zero attached hydrogens (tertiary/aromatic N) is 1. The minimum absolute atomic E-state index is 0.0228. The van der Waals surface area contributed by atoms with Crippen LogP contribution in [0.5, 0.6) is 0 Å². The number of carbonyl (C=O) groups is 1. The lowest BCUT2D eigenvalue weighted by Crippen LogP contribution is -2.16. The molecule has 6 nitrogen and oxygen atoms in total. The summed E-state index contributed by atoms with van der Waals surface area (Å²) in [5.41, 5.74) is 3.32. The third-order valence-corrected chi connectivity index (χ3v) is 5.70. The van der Waals surface area contributed by atoms with Gasteiger partial charge in [-0.2, -0.15) is 0 Å². The van der Waals surface area contributed by atoms with Gasteiger partial charge in [-0.15, -0.1) is 0 Å². The molecule has 0 bridgehead atoms. The van der Waals surface area contributed by atoms with Crippen LogP contribution in [0.15, 0.2) is 77.7 Å². The van der Waals surface area contributed by atoms with Crippen molar-refractivity contribution >= 4 is 33.0 Å². The molecule has 0 aliphatic carbocycles. The first-order valence-electron chi connectivity index (χ1n) is 9.03. The van der Waals surface area contributed by atoms with Gasteiger partial charge in [0.25, 0.3) is 15.9 Å². The standard InChI is InChI=1S/C22H23N3O3S/c1-16-6-4-8-19(14-16)24-29(27,28)21-9-5-7-17(15-21)22(26)23-18-10-12-20(13-11-18)25(2)3/h4-15,24H,1-3H3,(H,23,26). The summed E-state index contributed by atoms with van der Waals surface area (Å²) >= 11 is 0. The number of carbonyl (C=O) groups excluding carboxylic acids is 1. The van der Waals surface area contributed by atoms with Crippen LogP contribution in [0.25, 0.3) is 0 Å². The highest BCUT2D eigenvalue weighted by atomic mass is 32.2. The van der Waals surface area contributed by atoms with Crippen LogP contribution in [-0.2, 0) is 10.0 Å². The number of amides is 1. The first-order valence-corrected chi connectivity index (χ1v) is 10.5. The van der Waals surface area contributed by atoms with E-state index >= 15 is 0 Å². The number of aryl methyl sites for hydroxylation is 1. The number of nitrogens with one attached hydrogen (secondary N) is 2. The van der Waals surface area contributed by atoms with E-state index in [0.29, 0.717) is 11.4 Å². The fraction of sp³-hybridized carbons (Fsp3) is 0.136. The Hall–Kier alpha value is -3.32. The molecule has 0 aromatic heterocycles. The maximum Gasteiger partial charge on any atom is 0.261 e. The van der Waals surface area contributed by atoms with Crippen molar-refractivity contribution in [2.45, 2.75) is 11.8 Å². The molecule has 3 aromatic rings. The number of anilines is 3. The van der Waals surface area contributed by atoms with Crippen LogP contribution in [0.4, 0.5) is 17.1 Å². The lowest BCUT2D eigenvalue weighted by Gasteiger charge is -2.13. The molecule has 3 aromatic carbocycles. The smallest absolute Gasteiger partial charge is 0.261 e. The number of sulfonamides is 1. The highest BCUT2D eigenvalue weighted by Crippen LogP contribution is 2.20. The van der Waals surface area contributed by atoms with Crippen molar-refractivity contribution in [1.29, 1.82) is 0 Å². The molecular weight excluding hydrogens is 386 g/mol. The van der Waals surface area contributed by atoms with Crippen molar-refractivity contribution < 1.29 is 13.2 Å². The molecule has 0 saturated heterocycles. The van der Waals surface area contributed by atoms with Crippen LogP contribution >= 0.6 is 0 Å². The summed E-state index contributed by atoms with van der Waals surface area (Å²) in [6.45, 7) is 1.88. The van der Waals surface area contributed by atoms with E-state index in [0.717, 1.165) is 11.3 Å². The average Bonchev–Trinajstić information content (AvgIpc) is 2.68. The van der Waals surface area contributed by atoms with Gasteiger partial charge in [0.15, 0.2) is 0 Å². The Balaban J connectivity index is 1.78. The van der Waals surface area contributed by atoms with Crippen LogP contribution in [0.3, 0.4) is 0 Å². The minimum atomic E-state index is -3.81. The number of hydrogen-bond donors (Lipinski definition) is 2. The molecule has 0 atom stereocenters. The predicted octanol–water partition coefficient (Wildman–Crippen LogP) is 4.11. The highest BCUT2D eigenvalue weighted by Gasteiger charge is 2.17. The molecule has 7 heteroatoms. The fourth-order valence-corrected chi connectivity index (χ4v) is 3.87. The molecule has 29 heavy (non-hydrogen) atoms. The molecule has 150 valence electrons. The lowest BCUT2D eigenvalue weighted by molar-refractivity contribution is 0.102. The van der Waals surface area contributed by atoms with E-state index < -0.39 is 10.0 Å². The van der Waals surface area contributed by atoms with Crippen molar-refractivity contribution in [3.8, 4) is 0 Å². The Morgan fingerprint density at radius 3 is 2.21 bits per heavy atom. The number of rotatable bonds is 6. The first kappa shape index (κ1) is 20.4. The Bertz CT molecular complexity index is 1120. The third-order valence-electron chi connectivity index (χ3n) is 4.32. The SMILES string of the molecule is Cc1cccc(NS(=O)(=O)c2cccc(C(=O)Nc3ccc(N(C)C)cc3)c2)c1. The van der Waals surface area contributed by atoms with Gasteiger partial charge in [0.05, 0.1) is 4.90 Å². The van der Waals surface area contributed by atoms with E-state index in [-0.39, 0.29) is 16.4 Å². The maximum absolute atomic E-state index is 12.7. The second-order valence-corrected chi connectivity index (χ2v) is 8.58. The van der Waals surface area contributed by atoms with E-state index in [1.807, 2.05) is 44.1 Å². The minimum Gasteiger partial charge on any atom is -0.378 e. The maximum atomic E-state index is 12.7. The number of hydrogen-bond acceptors (Lipinski definition) is 4. The molecule has 0 saturated carbocycles. The summed E-state index contributed by atoms with van der Waals surface area (Å²) in [5, 5.41) is 2.79. The molecule has 3 rings (SSSR count). The van der Waals surface area contributed by atoms with Gasteiger partial charge in [-0.05, 0) is 67.1 Å². The predicted molar refractivity (Wildman–Crippen MR) is 117 cm³/mol. The molecule has 0 heterocycles. The normalized spacial score (nSPS) is 11.0. The fourth-order valence-electron chi connectivity index (χ4n) is 2.77. The van der Waals surface area contributed by atoms with Gasteiger partial charge in [0.1, 0.15) is 0 Å². The van der Waals surface area contributed by atoms with Crippen LogP contribution in [0.2, 0.25) is 0 Å². The van der Waals surface area contributed by atoms with Gasteiger partial charge in [-0.3, -0.25) is 9.52 Å². The molecule has 0 fully saturated rings. The Morgan fingerprint density at radius 2 is 1.55 bits per heavy atom. The first-order chi connectivity index (χ1) is 13.7. The average molecular weight is 410 g/mol. The topological polar surface area (TPSA) is 78.5 Å². The van der Waals surface area contributed by atoms with Gasteiger partial charge < -0.3 is 10.2 Å². The Morgan fingerprint density at radius 1 is 0.862 bits per heavy atom. The largest absolute Gasteiger partial charge is 0.378 e. The second-order valence-electron chi connectivity index (χ2n) is 6.90. The molecule has 1 amide bonds. The molecule has 0 aliphatic heterocycles. The molecule has 0 aliphatic rings. The molecule has 0 radical (unpaired) electrons. The van der Waals surface area contributed by atoms with E-state index in [2.05, 4.69) is 10.0 Å². The number of benzene rings is 3. The van der Waals surface area contributed by atoms with Crippen molar-refractivity contribution in [1.82, 2.24) is 0 Å². The van der Waals surface area contributed by atoms with Crippen molar-refractivity contribution in [2.75, 3.05) is 29.0 Å². The molecular formula is C22H23N3O3S. The van der Waals surface area contributed by atoms with Gasteiger partial charge in [-0.1, -0.05) is 18.2 Å². The monoisotopic (exact) mass is 409 g/mol. The Labute approximate surface area is 171 Å². The highest BCUT2D eigenvalue weighted by molar-refractivity contribution is 7.92. The van der Waals surface area contributed by atoms with Crippen molar-refractivity contribution in [3.63, 3.8) is 0 Å². The van der Waals surface area contributed by atoms with Crippen molar-refractivity contribution in [3.05, 3.63) is 83.9 Å². The zero-order chi connectivity index (χ0) is 21.0. The summed E-state index contributed by atoms with van der Waals surface area (Å²) in [4.78, 5) is 14.6. The van der Waals surface area contributed by atoms with E-state index in [4.69, 9.17) is 0 Å². The van der Waals surface area contributed by atoms with Crippen LogP contribution in [0, 0.1) is 6.92 Å². The molecule has 2 N–H and O–H groups in total. The van der Waals surface area contributed by atoms with Gasteiger partial charge in [0.2, 0.25) is 0 Å². The Kier molecular flexibility index (Phi) is 5.89. The lowest BCUT2D eigenvalue weighted by atomic mass is 10.2. The zero-order valence-corrected chi connectivity index (χ0v) is 17.3. The van der Waals surface area contributed by atoms with Gasteiger partial charge in [-0.25, -0.2) is 8.42 Å². The second kappa shape index (κ2) is 8.36. The van der Waals surface area contributed by atoms with Gasteiger partial charge >= 0.3 is 0 Å². The van der Waals surface area contributed by atoms with Gasteiger partial charge in [0, 0.05) is 36.7 Å². The zero-order valence-electron chi connectivity index (χ0n) is 16.5. The van der Waals surface area contributed by atoms with E-state index in [9.17, 15) is 13.2 Å². The van der Waals surface area contributed by atoms with E-state index in [1.165, 1.54) is 12.1 Å².